The summed E-state index contributed by atoms with van der Waals surface area (Å²) >= 11 is 0. The standard InChI is InChI=1S/C12H24N2O/c1-3-5-11(8-13)12(15)14-7-6-10(4-2)9-14/h10-11H,3-9,13H2,1-2H3. The van der Waals surface area contributed by atoms with Crippen LogP contribution in [0.2, 0.25) is 0 Å². The van der Waals surface area contributed by atoms with Gasteiger partial charge in [-0.2, -0.15) is 0 Å². The largest absolute Gasteiger partial charge is 0.342 e. The SMILES string of the molecule is CCCC(CN)C(=O)N1CCC(CC)C1. The van der Waals surface area contributed by atoms with E-state index in [0.717, 1.165) is 25.9 Å². The fraction of sp³-hybridized carbons (Fsp3) is 0.917. The Morgan fingerprint density at radius 3 is 2.73 bits per heavy atom. The van der Waals surface area contributed by atoms with Crippen LogP contribution < -0.4 is 5.73 Å². The van der Waals surface area contributed by atoms with E-state index in [-0.39, 0.29) is 11.8 Å². The highest BCUT2D eigenvalue weighted by molar-refractivity contribution is 5.79. The van der Waals surface area contributed by atoms with Crippen LogP contribution in [0.1, 0.15) is 39.5 Å². The van der Waals surface area contributed by atoms with E-state index < -0.39 is 0 Å². The van der Waals surface area contributed by atoms with Gasteiger partial charge in [0.1, 0.15) is 0 Å². The normalized spacial score (nSPS) is 23.1. The van der Waals surface area contributed by atoms with Gasteiger partial charge < -0.3 is 10.6 Å². The Kier molecular flexibility index (Phi) is 5.09. The zero-order valence-electron chi connectivity index (χ0n) is 10.0. The first-order valence-corrected chi connectivity index (χ1v) is 6.21. The molecule has 1 fully saturated rings. The third kappa shape index (κ3) is 3.20. The van der Waals surface area contributed by atoms with Crippen molar-refractivity contribution in [2.75, 3.05) is 19.6 Å². The summed E-state index contributed by atoms with van der Waals surface area (Å²) < 4.78 is 0. The Morgan fingerprint density at radius 2 is 2.27 bits per heavy atom. The van der Waals surface area contributed by atoms with Gasteiger partial charge in [0.2, 0.25) is 5.91 Å². The van der Waals surface area contributed by atoms with Crippen LogP contribution in [0.5, 0.6) is 0 Å². The van der Waals surface area contributed by atoms with Crippen LogP contribution in [0.4, 0.5) is 0 Å². The summed E-state index contributed by atoms with van der Waals surface area (Å²) in [6, 6.07) is 0. The molecular weight excluding hydrogens is 188 g/mol. The maximum absolute atomic E-state index is 12.1. The van der Waals surface area contributed by atoms with Crippen molar-refractivity contribution in [3.05, 3.63) is 0 Å². The molecule has 0 aromatic rings. The van der Waals surface area contributed by atoms with Crippen LogP contribution in [-0.4, -0.2) is 30.4 Å². The first kappa shape index (κ1) is 12.5. The van der Waals surface area contributed by atoms with Gasteiger partial charge in [-0.05, 0) is 18.8 Å². The lowest BCUT2D eigenvalue weighted by molar-refractivity contribution is -0.134. The highest BCUT2D eigenvalue weighted by atomic mass is 16.2. The average molecular weight is 212 g/mol. The predicted octanol–water partition coefficient (Wildman–Crippen LogP) is 1.62. The molecule has 0 bridgehead atoms. The van der Waals surface area contributed by atoms with E-state index in [0.29, 0.717) is 12.5 Å². The van der Waals surface area contributed by atoms with E-state index in [9.17, 15) is 4.79 Å². The summed E-state index contributed by atoms with van der Waals surface area (Å²) in [7, 11) is 0. The number of rotatable bonds is 5. The minimum atomic E-state index is 0.0607. The lowest BCUT2D eigenvalue weighted by Crippen LogP contribution is -2.37. The van der Waals surface area contributed by atoms with Crippen LogP contribution in [0, 0.1) is 11.8 Å². The lowest BCUT2D eigenvalue weighted by atomic mass is 10.0. The summed E-state index contributed by atoms with van der Waals surface area (Å²) in [5, 5.41) is 0. The third-order valence-corrected chi connectivity index (χ3v) is 3.45. The molecule has 15 heavy (non-hydrogen) atoms. The van der Waals surface area contributed by atoms with E-state index in [1.165, 1.54) is 12.8 Å². The zero-order valence-corrected chi connectivity index (χ0v) is 10.0. The molecule has 1 amide bonds. The van der Waals surface area contributed by atoms with Gasteiger partial charge in [-0.1, -0.05) is 26.7 Å². The quantitative estimate of drug-likeness (QED) is 0.752. The van der Waals surface area contributed by atoms with Crippen LogP contribution in [0.3, 0.4) is 0 Å². The molecule has 0 saturated carbocycles. The topological polar surface area (TPSA) is 46.3 Å². The van der Waals surface area contributed by atoms with Crippen molar-refractivity contribution in [1.29, 1.82) is 0 Å². The van der Waals surface area contributed by atoms with Crippen molar-refractivity contribution in [3.63, 3.8) is 0 Å². The van der Waals surface area contributed by atoms with Gasteiger partial charge in [0.05, 0.1) is 5.92 Å². The first-order valence-electron chi connectivity index (χ1n) is 6.21. The molecule has 3 heteroatoms. The van der Waals surface area contributed by atoms with Crippen molar-refractivity contribution in [2.24, 2.45) is 17.6 Å². The monoisotopic (exact) mass is 212 g/mol. The number of hydrogen-bond donors (Lipinski definition) is 1. The number of nitrogens with two attached hydrogens (primary N) is 1. The number of amides is 1. The minimum Gasteiger partial charge on any atom is -0.342 e. The van der Waals surface area contributed by atoms with Gasteiger partial charge in [0.15, 0.2) is 0 Å². The molecule has 1 heterocycles. The Morgan fingerprint density at radius 1 is 1.53 bits per heavy atom. The molecule has 2 atom stereocenters. The van der Waals surface area contributed by atoms with E-state index in [4.69, 9.17) is 5.73 Å². The number of carbonyl (C=O) groups is 1. The van der Waals surface area contributed by atoms with Crippen molar-refractivity contribution in [3.8, 4) is 0 Å². The zero-order chi connectivity index (χ0) is 11.3. The predicted molar refractivity (Wildman–Crippen MR) is 62.4 cm³/mol. The van der Waals surface area contributed by atoms with Crippen LogP contribution in [0.15, 0.2) is 0 Å². The van der Waals surface area contributed by atoms with Crippen molar-refractivity contribution >= 4 is 5.91 Å². The molecule has 1 saturated heterocycles. The van der Waals surface area contributed by atoms with Crippen molar-refractivity contribution in [2.45, 2.75) is 39.5 Å². The van der Waals surface area contributed by atoms with Gasteiger partial charge in [0.25, 0.3) is 0 Å². The highest BCUT2D eigenvalue weighted by Crippen LogP contribution is 2.21. The second-order valence-corrected chi connectivity index (χ2v) is 4.57. The van der Waals surface area contributed by atoms with Crippen molar-refractivity contribution in [1.82, 2.24) is 4.90 Å². The Hall–Kier alpha value is -0.570. The molecular formula is C12H24N2O. The molecule has 3 nitrogen and oxygen atoms in total. The fourth-order valence-electron chi connectivity index (χ4n) is 2.31. The molecule has 0 spiro atoms. The molecule has 1 aliphatic heterocycles. The number of likely N-dealkylation sites (tertiary alicyclic amines) is 1. The van der Waals surface area contributed by atoms with E-state index in [1.54, 1.807) is 0 Å². The molecule has 1 aliphatic rings. The summed E-state index contributed by atoms with van der Waals surface area (Å²) in [6.45, 7) is 6.70. The lowest BCUT2D eigenvalue weighted by Gasteiger charge is -2.22. The van der Waals surface area contributed by atoms with E-state index in [1.807, 2.05) is 4.90 Å². The highest BCUT2D eigenvalue weighted by Gasteiger charge is 2.28. The summed E-state index contributed by atoms with van der Waals surface area (Å²) in [6.07, 6.45) is 4.33. The number of nitrogens with zero attached hydrogens (tertiary/aromatic N) is 1. The number of carbonyl (C=O) groups excluding carboxylic acids is 1. The van der Waals surface area contributed by atoms with Gasteiger partial charge in [0, 0.05) is 19.6 Å². The second-order valence-electron chi connectivity index (χ2n) is 4.57. The molecule has 0 aromatic heterocycles. The number of hydrogen-bond acceptors (Lipinski definition) is 2. The van der Waals surface area contributed by atoms with Gasteiger partial charge in [-0.15, -0.1) is 0 Å². The third-order valence-electron chi connectivity index (χ3n) is 3.45. The second kappa shape index (κ2) is 6.11. The van der Waals surface area contributed by atoms with E-state index in [2.05, 4.69) is 13.8 Å². The Labute approximate surface area is 93.0 Å². The molecule has 2 N–H and O–H groups in total. The summed E-state index contributed by atoms with van der Waals surface area (Å²) in [5.41, 5.74) is 5.65. The van der Waals surface area contributed by atoms with Gasteiger partial charge in [-0.3, -0.25) is 4.79 Å². The van der Waals surface area contributed by atoms with Crippen LogP contribution >= 0.6 is 0 Å². The molecule has 1 rings (SSSR count). The van der Waals surface area contributed by atoms with E-state index >= 15 is 0 Å². The molecule has 2 unspecified atom stereocenters. The summed E-state index contributed by atoms with van der Waals surface area (Å²) in [4.78, 5) is 14.1. The molecule has 0 radical (unpaired) electrons. The maximum Gasteiger partial charge on any atom is 0.226 e. The minimum absolute atomic E-state index is 0.0607. The Bertz CT molecular complexity index is 206. The summed E-state index contributed by atoms with van der Waals surface area (Å²) in [5.74, 6) is 1.06. The fourth-order valence-corrected chi connectivity index (χ4v) is 2.31. The maximum atomic E-state index is 12.1. The average Bonchev–Trinajstić information content (AvgIpc) is 2.73. The first-order chi connectivity index (χ1) is 7.22. The molecule has 88 valence electrons. The smallest absolute Gasteiger partial charge is 0.226 e. The molecule has 0 aliphatic carbocycles. The molecule has 0 aromatic carbocycles. The van der Waals surface area contributed by atoms with Crippen LogP contribution in [-0.2, 0) is 4.79 Å². The van der Waals surface area contributed by atoms with Gasteiger partial charge in [-0.25, -0.2) is 0 Å². The van der Waals surface area contributed by atoms with Crippen molar-refractivity contribution < 1.29 is 4.79 Å². The van der Waals surface area contributed by atoms with Crippen LogP contribution in [0.25, 0.3) is 0 Å². The Balaban J connectivity index is 2.45. The van der Waals surface area contributed by atoms with Gasteiger partial charge >= 0.3 is 0 Å².